The molecule has 0 spiro atoms. The van der Waals surface area contributed by atoms with Crippen molar-refractivity contribution < 1.29 is 13.2 Å². The van der Waals surface area contributed by atoms with Crippen LogP contribution in [-0.2, 0) is 6.18 Å². The number of hydrogen-bond acceptors (Lipinski definition) is 7. The van der Waals surface area contributed by atoms with Gasteiger partial charge in [0.25, 0.3) is 0 Å². The Morgan fingerprint density at radius 1 is 1.14 bits per heavy atom. The number of aryl methyl sites for hydroxylation is 1. The first-order valence-electron chi connectivity index (χ1n) is 9.15. The molecule has 1 fully saturated rings. The molecule has 0 aliphatic heterocycles. The molecular weight excluding hydrogens is 387 g/mol. The lowest BCUT2D eigenvalue weighted by molar-refractivity contribution is -0.137. The van der Waals surface area contributed by atoms with E-state index in [0.29, 0.717) is 11.4 Å². The second kappa shape index (κ2) is 7.33. The van der Waals surface area contributed by atoms with Gasteiger partial charge in [0.1, 0.15) is 11.4 Å². The van der Waals surface area contributed by atoms with Gasteiger partial charge in [0.05, 0.1) is 35.9 Å². The summed E-state index contributed by atoms with van der Waals surface area (Å²) >= 11 is 0. The van der Waals surface area contributed by atoms with Crippen molar-refractivity contribution in [2.75, 3.05) is 17.7 Å². The van der Waals surface area contributed by atoms with Crippen LogP contribution in [-0.4, -0.2) is 41.8 Å². The summed E-state index contributed by atoms with van der Waals surface area (Å²) in [6, 6.07) is 0.425. The molecule has 154 valence electrons. The summed E-state index contributed by atoms with van der Waals surface area (Å²) in [6.45, 7) is 1.82. The van der Waals surface area contributed by atoms with Crippen LogP contribution >= 0.6 is 0 Å². The molecule has 9 nitrogen and oxygen atoms in total. The van der Waals surface area contributed by atoms with Gasteiger partial charge in [0.2, 0.25) is 5.95 Å². The molecular formula is C17H20F3N9. The molecule has 0 aromatic carbocycles. The van der Waals surface area contributed by atoms with Gasteiger partial charge < -0.3 is 10.6 Å². The van der Waals surface area contributed by atoms with Crippen molar-refractivity contribution in [3.05, 3.63) is 36.0 Å². The monoisotopic (exact) mass is 407 g/mol. The zero-order valence-electron chi connectivity index (χ0n) is 15.8. The Labute approximate surface area is 164 Å². The van der Waals surface area contributed by atoms with Crippen molar-refractivity contribution in [2.24, 2.45) is 0 Å². The molecule has 2 atom stereocenters. The third-order valence-corrected chi connectivity index (χ3v) is 5.01. The van der Waals surface area contributed by atoms with Gasteiger partial charge in [0.15, 0.2) is 0 Å². The number of halogens is 3. The van der Waals surface area contributed by atoms with Gasteiger partial charge in [-0.1, -0.05) is 0 Å². The van der Waals surface area contributed by atoms with Gasteiger partial charge in [-0.2, -0.15) is 38.2 Å². The van der Waals surface area contributed by atoms with Crippen molar-refractivity contribution in [3.63, 3.8) is 0 Å². The molecule has 3 aromatic heterocycles. The Bertz CT molecular complexity index is 981. The highest BCUT2D eigenvalue weighted by atomic mass is 19.4. The number of alkyl halides is 3. The average Bonchev–Trinajstić information content (AvgIpc) is 3.41. The first-order valence-corrected chi connectivity index (χ1v) is 9.15. The number of nitrogens with zero attached hydrogens (tertiary/aromatic N) is 7. The van der Waals surface area contributed by atoms with Crippen molar-refractivity contribution in [3.8, 4) is 0 Å². The predicted molar refractivity (Wildman–Crippen MR) is 98.8 cm³/mol. The van der Waals surface area contributed by atoms with E-state index in [1.54, 1.807) is 17.2 Å². The molecule has 12 heteroatoms. The molecule has 2 N–H and O–H groups in total. The maximum Gasteiger partial charge on any atom is 0.421 e. The van der Waals surface area contributed by atoms with Crippen LogP contribution in [0.5, 0.6) is 0 Å². The van der Waals surface area contributed by atoms with Crippen LogP contribution in [0.3, 0.4) is 0 Å². The number of hydrogen-bond donors (Lipinski definition) is 2. The molecule has 0 unspecified atom stereocenters. The fourth-order valence-electron chi connectivity index (χ4n) is 3.55. The second-order valence-corrected chi connectivity index (χ2v) is 6.91. The van der Waals surface area contributed by atoms with Gasteiger partial charge >= 0.3 is 6.18 Å². The van der Waals surface area contributed by atoms with Crippen molar-refractivity contribution in [2.45, 2.75) is 44.4 Å². The molecule has 0 radical (unpaired) electrons. The molecule has 1 saturated carbocycles. The molecule has 1 aliphatic carbocycles. The summed E-state index contributed by atoms with van der Waals surface area (Å²) in [4.78, 5) is 9.47. The predicted octanol–water partition coefficient (Wildman–Crippen LogP) is 3.34. The molecule has 1 aliphatic rings. The van der Waals surface area contributed by atoms with E-state index in [4.69, 9.17) is 0 Å². The van der Waals surface area contributed by atoms with Gasteiger partial charge in [-0.15, -0.1) is 0 Å². The van der Waals surface area contributed by atoms with Gasteiger partial charge in [-0.05, 0) is 26.2 Å². The Hall–Kier alpha value is -3.18. The van der Waals surface area contributed by atoms with Gasteiger partial charge in [-0.3, -0.25) is 4.68 Å². The zero-order valence-corrected chi connectivity index (χ0v) is 15.8. The number of nitrogens with one attached hydrogen (secondary N) is 2. The van der Waals surface area contributed by atoms with Gasteiger partial charge in [-0.25, -0.2) is 4.98 Å². The van der Waals surface area contributed by atoms with Crippen molar-refractivity contribution in [1.29, 1.82) is 0 Å². The fraction of sp³-hybridized carbons (Fsp3) is 0.471. The molecule has 0 amide bonds. The SMILES string of the molecule is CNc1nc(Nc2cn([C@@H]3CC[C@H](n4nccn4)C3)nc2C)ncc1C(F)(F)F. The van der Waals surface area contributed by atoms with Crippen LogP contribution in [0, 0.1) is 6.92 Å². The van der Waals surface area contributed by atoms with Crippen LogP contribution in [0.25, 0.3) is 0 Å². The summed E-state index contributed by atoms with van der Waals surface area (Å²) in [5, 5.41) is 18.4. The van der Waals surface area contributed by atoms with E-state index in [2.05, 4.69) is 35.9 Å². The molecule has 4 rings (SSSR count). The quantitative estimate of drug-likeness (QED) is 0.669. The van der Waals surface area contributed by atoms with Crippen LogP contribution in [0.15, 0.2) is 24.8 Å². The summed E-state index contributed by atoms with van der Waals surface area (Å²) in [5.74, 6) is -0.222. The highest BCUT2D eigenvalue weighted by Gasteiger charge is 2.35. The van der Waals surface area contributed by atoms with Gasteiger partial charge in [0, 0.05) is 19.4 Å². The lowest BCUT2D eigenvalue weighted by Crippen LogP contribution is -2.12. The second-order valence-electron chi connectivity index (χ2n) is 6.91. The Balaban J connectivity index is 1.50. The van der Waals surface area contributed by atoms with E-state index in [1.807, 2.05) is 17.8 Å². The highest BCUT2D eigenvalue weighted by molar-refractivity contribution is 5.57. The van der Waals surface area contributed by atoms with Crippen LogP contribution in [0.2, 0.25) is 0 Å². The van der Waals surface area contributed by atoms with E-state index in [-0.39, 0.29) is 23.8 Å². The van der Waals surface area contributed by atoms with Crippen LogP contribution in [0.1, 0.15) is 42.6 Å². The minimum atomic E-state index is -4.53. The van der Waals surface area contributed by atoms with E-state index in [0.717, 1.165) is 25.5 Å². The third-order valence-electron chi connectivity index (χ3n) is 5.01. The Kier molecular flexibility index (Phi) is 4.84. The molecule has 0 bridgehead atoms. The first-order chi connectivity index (χ1) is 13.8. The minimum Gasteiger partial charge on any atom is -0.372 e. The Morgan fingerprint density at radius 2 is 1.86 bits per heavy atom. The zero-order chi connectivity index (χ0) is 20.6. The van der Waals surface area contributed by atoms with Crippen LogP contribution < -0.4 is 10.6 Å². The lowest BCUT2D eigenvalue weighted by Gasteiger charge is -2.12. The molecule has 3 aromatic rings. The van der Waals surface area contributed by atoms with Crippen molar-refractivity contribution >= 4 is 17.5 Å². The maximum atomic E-state index is 13.0. The standard InChI is InChI=1S/C17H20F3N9/c1-10-14(25-16-22-8-13(17(18,19)20)15(21-2)26-16)9-28(27-10)11-3-4-12(7-11)29-23-5-6-24-29/h5-6,8-9,11-12H,3-4,7H2,1-2H3,(H2,21,22,25,26)/t11-,12+/m1/s1. The fourth-order valence-corrected chi connectivity index (χ4v) is 3.55. The van der Waals surface area contributed by atoms with E-state index in [1.165, 1.54) is 7.05 Å². The van der Waals surface area contributed by atoms with E-state index >= 15 is 0 Å². The number of aromatic nitrogens is 7. The smallest absolute Gasteiger partial charge is 0.372 e. The Morgan fingerprint density at radius 3 is 2.55 bits per heavy atom. The summed E-state index contributed by atoms with van der Waals surface area (Å²) in [6.07, 6.45) is 4.14. The average molecular weight is 407 g/mol. The number of rotatable bonds is 5. The maximum absolute atomic E-state index is 13.0. The summed E-state index contributed by atoms with van der Waals surface area (Å²) in [7, 11) is 1.38. The normalized spacial score (nSPS) is 19.5. The topological polar surface area (TPSA) is 98.4 Å². The molecule has 0 saturated heterocycles. The minimum absolute atomic E-state index is 0.0649. The summed E-state index contributed by atoms with van der Waals surface area (Å²) in [5.41, 5.74) is 0.440. The highest BCUT2D eigenvalue weighted by Crippen LogP contribution is 2.38. The lowest BCUT2D eigenvalue weighted by atomic mass is 10.2. The molecule has 3 heterocycles. The van der Waals surface area contributed by atoms with Crippen LogP contribution in [0.4, 0.5) is 30.6 Å². The largest absolute Gasteiger partial charge is 0.421 e. The van der Waals surface area contributed by atoms with Crippen molar-refractivity contribution in [1.82, 2.24) is 34.7 Å². The third kappa shape index (κ3) is 3.87. The van der Waals surface area contributed by atoms with E-state index in [9.17, 15) is 13.2 Å². The molecule has 29 heavy (non-hydrogen) atoms. The van der Waals surface area contributed by atoms with E-state index < -0.39 is 11.7 Å². The first kappa shape index (κ1) is 19.2. The number of anilines is 3. The summed E-state index contributed by atoms with van der Waals surface area (Å²) < 4.78 is 40.9.